The maximum absolute atomic E-state index is 13.9. The second-order valence-corrected chi connectivity index (χ2v) is 5.87. The summed E-state index contributed by atoms with van der Waals surface area (Å²) in [6.07, 6.45) is 0. The van der Waals surface area contributed by atoms with E-state index in [2.05, 4.69) is 21.2 Å². The fraction of sp³-hybridized carbons (Fsp3) is 0.385. The van der Waals surface area contributed by atoms with Gasteiger partial charge in [0.2, 0.25) is 0 Å². The molecule has 1 saturated heterocycles. The van der Waals surface area contributed by atoms with Crippen molar-refractivity contribution in [3.05, 3.63) is 34.1 Å². The van der Waals surface area contributed by atoms with Gasteiger partial charge in [0.1, 0.15) is 17.7 Å². The number of hydrogen-bond acceptors (Lipinski definition) is 2. The van der Waals surface area contributed by atoms with Crippen LogP contribution in [0.2, 0.25) is 0 Å². The quantitative estimate of drug-likeness (QED) is 0.879. The first-order valence-electron chi connectivity index (χ1n) is 6.01. The largest absolute Gasteiger partial charge is 0.323 e. The van der Waals surface area contributed by atoms with E-state index >= 15 is 0 Å². The van der Waals surface area contributed by atoms with Crippen LogP contribution in [0.1, 0.15) is 25.5 Å². The molecule has 0 radical (unpaired) electrons. The third-order valence-corrected chi connectivity index (χ3v) is 3.40. The van der Waals surface area contributed by atoms with E-state index in [0.29, 0.717) is 12.1 Å². The Morgan fingerprint density at radius 2 is 2.21 bits per heavy atom. The van der Waals surface area contributed by atoms with Crippen molar-refractivity contribution in [2.24, 2.45) is 5.92 Å². The highest BCUT2D eigenvalue weighted by atomic mass is 79.9. The van der Waals surface area contributed by atoms with E-state index in [4.69, 9.17) is 5.41 Å². The molecular formula is C13H15BrFN3O. The fourth-order valence-corrected chi connectivity index (χ4v) is 2.54. The van der Waals surface area contributed by atoms with Crippen LogP contribution in [0.5, 0.6) is 0 Å². The number of urea groups is 1. The summed E-state index contributed by atoms with van der Waals surface area (Å²) in [4.78, 5) is 13.3. The summed E-state index contributed by atoms with van der Waals surface area (Å²) in [6.45, 7) is 4.43. The van der Waals surface area contributed by atoms with Crippen molar-refractivity contribution in [1.29, 1.82) is 5.41 Å². The van der Waals surface area contributed by atoms with Gasteiger partial charge in [-0.1, -0.05) is 29.8 Å². The van der Waals surface area contributed by atoms with Crippen LogP contribution in [0.25, 0.3) is 0 Å². The molecule has 2 N–H and O–H groups in total. The van der Waals surface area contributed by atoms with Crippen LogP contribution in [0.15, 0.2) is 22.7 Å². The van der Waals surface area contributed by atoms with Crippen LogP contribution in [0, 0.1) is 17.1 Å². The topological polar surface area (TPSA) is 56.2 Å². The molecule has 4 nitrogen and oxygen atoms in total. The van der Waals surface area contributed by atoms with Crippen molar-refractivity contribution in [3.63, 3.8) is 0 Å². The Kier molecular flexibility index (Phi) is 3.89. The number of amides is 2. The molecule has 102 valence electrons. The van der Waals surface area contributed by atoms with Crippen LogP contribution < -0.4 is 5.32 Å². The molecule has 1 heterocycles. The molecule has 1 unspecified atom stereocenters. The Morgan fingerprint density at radius 1 is 1.53 bits per heavy atom. The predicted octanol–water partition coefficient (Wildman–Crippen LogP) is 3.29. The molecule has 1 aliphatic heterocycles. The summed E-state index contributed by atoms with van der Waals surface area (Å²) in [5.74, 6) is -0.153. The number of carbonyl (C=O) groups is 1. The summed E-state index contributed by atoms with van der Waals surface area (Å²) in [5.41, 5.74) is 0.332. The molecule has 2 rings (SSSR count). The van der Waals surface area contributed by atoms with Gasteiger partial charge in [-0.3, -0.25) is 10.7 Å². The van der Waals surface area contributed by atoms with E-state index in [1.165, 1.54) is 11.0 Å². The summed E-state index contributed by atoms with van der Waals surface area (Å²) >= 11 is 3.29. The van der Waals surface area contributed by atoms with Crippen LogP contribution in [-0.4, -0.2) is 23.3 Å². The van der Waals surface area contributed by atoms with Gasteiger partial charge in [-0.15, -0.1) is 0 Å². The molecule has 1 atom stereocenters. The Morgan fingerprint density at radius 3 is 2.84 bits per heavy atom. The molecule has 1 aromatic rings. The maximum atomic E-state index is 13.9. The Bertz CT molecular complexity index is 533. The average molecular weight is 328 g/mol. The smallest absolute Gasteiger partial charge is 0.310 e. The number of rotatable bonds is 3. The van der Waals surface area contributed by atoms with Crippen molar-refractivity contribution in [2.45, 2.75) is 19.9 Å². The van der Waals surface area contributed by atoms with E-state index in [-0.39, 0.29) is 17.8 Å². The van der Waals surface area contributed by atoms with Crippen LogP contribution >= 0.6 is 15.9 Å². The number of halogens is 2. The molecule has 6 heteroatoms. The second-order valence-electron chi connectivity index (χ2n) is 4.96. The van der Waals surface area contributed by atoms with Gasteiger partial charge in [0.05, 0.1) is 0 Å². The molecule has 1 aliphatic rings. The van der Waals surface area contributed by atoms with Crippen LogP contribution in [-0.2, 0) is 0 Å². The Hall–Kier alpha value is -1.43. The van der Waals surface area contributed by atoms with Gasteiger partial charge in [-0.25, -0.2) is 9.18 Å². The zero-order valence-corrected chi connectivity index (χ0v) is 12.3. The first-order chi connectivity index (χ1) is 8.90. The zero-order chi connectivity index (χ0) is 14.2. The molecule has 2 amide bonds. The van der Waals surface area contributed by atoms with Crippen LogP contribution in [0.3, 0.4) is 0 Å². The standard InChI is InChI=1S/C13H15BrFN3O/c1-7(2)6-18-11(12(16)17-13(18)19)9-5-8(14)3-4-10(9)15/h3-5,7,11H,6H2,1-2H3,(H2,16,17,19). The molecule has 19 heavy (non-hydrogen) atoms. The van der Waals surface area contributed by atoms with E-state index in [1.807, 2.05) is 13.8 Å². The molecule has 0 saturated carbocycles. The molecule has 0 spiro atoms. The van der Waals surface area contributed by atoms with E-state index < -0.39 is 11.9 Å². The molecule has 1 fully saturated rings. The zero-order valence-electron chi connectivity index (χ0n) is 10.7. The second kappa shape index (κ2) is 5.28. The highest BCUT2D eigenvalue weighted by molar-refractivity contribution is 9.10. The number of carbonyl (C=O) groups excluding carboxylic acids is 1. The minimum atomic E-state index is -0.674. The van der Waals surface area contributed by atoms with E-state index in [9.17, 15) is 9.18 Å². The van der Waals surface area contributed by atoms with E-state index in [0.717, 1.165) is 4.47 Å². The maximum Gasteiger partial charge on any atom is 0.323 e. The highest BCUT2D eigenvalue weighted by Crippen LogP contribution is 2.30. The monoisotopic (exact) mass is 327 g/mol. The normalized spacial score (nSPS) is 19.2. The number of hydrogen-bond donors (Lipinski definition) is 2. The average Bonchev–Trinajstić information content (AvgIpc) is 2.57. The molecular weight excluding hydrogens is 313 g/mol. The number of benzene rings is 1. The lowest BCUT2D eigenvalue weighted by Crippen LogP contribution is -2.33. The highest BCUT2D eigenvalue weighted by Gasteiger charge is 2.38. The minimum absolute atomic E-state index is 0.0163. The molecule has 0 aromatic heterocycles. The summed E-state index contributed by atoms with van der Waals surface area (Å²) in [7, 11) is 0. The lowest BCUT2D eigenvalue weighted by atomic mass is 10.0. The summed E-state index contributed by atoms with van der Waals surface area (Å²) in [6, 6.07) is 3.53. The van der Waals surface area contributed by atoms with Crippen molar-refractivity contribution >= 4 is 27.8 Å². The number of nitrogens with zero attached hydrogens (tertiary/aromatic N) is 1. The van der Waals surface area contributed by atoms with Gasteiger partial charge >= 0.3 is 6.03 Å². The van der Waals surface area contributed by atoms with Gasteiger partial charge in [-0.2, -0.15) is 0 Å². The third kappa shape index (κ3) is 2.78. The first-order valence-corrected chi connectivity index (χ1v) is 6.80. The van der Waals surface area contributed by atoms with Gasteiger partial charge in [0, 0.05) is 16.6 Å². The van der Waals surface area contributed by atoms with Crippen molar-refractivity contribution < 1.29 is 9.18 Å². The lowest BCUT2D eigenvalue weighted by molar-refractivity contribution is 0.197. The fourth-order valence-electron chi connectivity index (χ4n) is 2.16. The van der Waals surface area contributed by atoms with Crippen molar-refractivity contribution in [3.8, 4) is 0 Å². The number of nitrogens with one attached hydrogen (secondary N) is 2. The summed E-state index contributed by atoms with van der Waals surface area (Å²) < 4.78 is 14.7. The van der Waals surface area contributed by atoms with Gasteiger partial charge < -0.3 is 4.90 Å². The lowest BCUT2D eigenvalue weighted by Gasteiger charge is -2.25. The predicted molar refractivity (Wildman–Crippen MR) is 74.6 cm³/mol. The third-order valence-electron chi connectivity index (χ3n) is 2.90. The van der Waals surface area contributed by atoms with Gasteiger partial charge in [-0.05, 0) is 24.1 Å². The molecule has 1 aromatic carbocycles. The minimum Gasteiger partial charge on any atom is -0.310 e. The summed E-state index contributed by atoms with van der Waals surface area (Å²) in [5, 5.41) is 10.3. The van der Waals surface area contributed by atoms with Crippen LogP contribution in [0.4, 0.5) is 9.18 Å². The number of amidine groups is 1. The van der Waals surface area contributed by atoms with Crippen molar-refractivity contribution in [1.82, 2.24) is 10.2 Å². The molecule has 0 aliphatic carbocycles. The van der Waals surface area contributed by atoms with Gasteiger partial charge in [0.25, 0.3) is 0 Å². The van der Waals surface area contributed by atoms with Crippen molar-refractivity contribution in [2.75, 3.05) is 6.54 Å². The Labute approximate surface area is 119 Å². The van der Waals surface area contributed by atoms with E-state index in [1.54, 1.807) is 12.1 Å². The SMILES string of the molecule is CC(C)CN1C(=O)NC(=N)C1c1cc(Br)ccc1F. The molecule has 0 bridgehead atoms. The first kappa shape index (κ1) is 14.0. The Balaban J connectivity index is 2.42. The van der Waals surface area contributed by atoms with Gasteiger partial charge in [0.15, 0.2) is 0 Å².